The maximum atomic E-state index is 12.3. The van der Waals surface area contributed by atoms with Gasteiger partial charge in [-0.2, -0.15) is 0 Å². The molecule has 2 heterocycles. The monoisotopic (exact) mass is 291 g/mol. The molecule has 2 aromatic heterocycles. The summed E-state index contributed by atoms with van der Waals surface area (Å²) in [7, 11) is 0. The van der Waals surface area contributed by atoms with Gasteiger partial charge in [0, 0.05) is 23.3 Å². The van der Waals surface area contributed by atoms with Gasteiger partial charge in [0.25, 0.3) is 5.91 Å². The van der Waals surface area contributed by atoms with E-state index in [1.807, 2.05) is 17.5 Å². The van der Waals surface area contributed by atoms with Crippen LogP contribution in [0.25, 0.3) is 4.96 Å². The molecule has 0 bridgehead atoms. The summed E-state index contributed by atoms with van der Waals surface area (Å²) in [4.78, 5) is 17.6. The van der Waals surface area contributed by atoms with E-state index in [4.69, 9.17) is 0 Å². The Kier molecular flexibility index (Phi) is 4.05. The van der Waals surface area contributed by atoms with Crippen molar-refractivity contribution in [2.75, 3.05) is 0 Å². The van der Waals surface area contributed by atoms with Gasteiger partial charge >= 0.3 is 0 Å². The van der Waals surface area contributed by atoms with Crippen molar-refractivity contribution in [1.82, 2.24) is 14.7 Å². The molecule has 1 aliphatic carbocycles. The van der Waals surface area contributed by atoms with Crippen LogP contribution in [-0.2, 0) is 0 Å². The number of aromatic nitrogens is 2. The third-order valence-electron chi connectivity index (χ3n) is 4.06. The van der Waals surface area contributed by atoms with Gasteiger partial charge < -0.3 is 5.32 Å². The number of amides is 1. The van der Waals surface area contributed by atoms with Gasteiger partial charge in [-0.1, -0.05) is 32.1 Å². The van der Waals surface area contributed by atoms with Crippen molar-refractivity contribution in [1.29, 1.82) is 0 Å². The Labute approximate surface area is 123 Å². The average molecular weight is 291 g/mol. The van der Waals surface area contributed by atoms with Gasteiger partial charge in [-0.15, -0.1) is 11.3 Å². The fourth-order valence-corrected chi connectivity index (χ4v) is 3.71. The zero-order chi connectivity index (χ0) is 13.9. The Hall–Kier alpha value is -1.36. The van der Waals surface area contributed by atoms with Crippen molar-refractivity contribution in [3.63, 3.8) is 0 Å². The van der Waals surface area contributed by atoms with E-state index in [-0.39, 0.29) is 5.91 Å². The quantitative estimate of drug-likeness (QED) is 0.919. The minimum absolute atomic E-state index is 0.0223. The molecule has 1 amide bonds. The zero-order valence-corrected chi connectivity index (χ0v) is 12.7. The van der Waals surface area contributed by atoms with Crippen molar-refractivity contribution in [3.8, 4) is 0 Å². The molecule has 108 valence electrons. The van der Waals surface area contributed by atoms with Crippen molar-refractivity contribution in [3.05, 3.63) is 23.0 Å². The first-order valence-corrected chi connectivity index (χ1v) is 8.36. The Morgan fingerprint density at radius 3 is 2.70 bits per heavy atom. The molecule has 0 spiro atoms. The third kappa shape index (κ3) is 2.87. The number of imidazole rings is 1. The van der Waals surface area contributed by atoms with Crippen LogP contribution in [0.3, 0.4) is 0 Å². The first-order chi connectivity index (χ1) is 9.74. The number of carbonyl (C=O) groups excluding carboxylic acids is 1. The molecule has 1 fully saturated rings. The molecule has 5 heteroatoms. The summed E-state index contributed by atoms with van der Waals surface area (Å²) < 4.78 is 1.98. The summed E-state index contributed by atoms with van der Waals surface area (Å²) in [5.74, 6) is -0.0223. The summed E-state index contributed by atoms with van der Waals surface area (Å²) in [6.07, 6.45) is 10.4. The fourth-order valence-electron chi connectivity index (χ4n) is 2.86. The van der Waals surface area contributed by atoms with Crippen LogP contribution in [0.1, 0.15) is 61.1 Å². The highest BCUT2D eigenvalue weighted by atomic mass is 32.1. The van der Waals surface area contributed by atoms with Gasteiger partial charge in [-0.05, 0) is 19.8 Å². The van der Waals surface area contributed by atoms with Crippen LogP contribution in [0.15, 0.2) is 11.6 Å². The van der Waals surface area contributed by atoms with Crippen LogP contribution in [0.5, 0.6) is 0 Å². The minimum Gasteiger partial charge on any atom is -0.348 e. The molecule has 0 radical (unpaired) electrons. The topological polar surface area (TPSA) is 46.4 Å². The molecule has 0 atom stereocenters. The lowest BCUT2D eigenvalue weighted by Gasteiger charge is -2.20. The molecular formula is C15H21N3OS. The van der Waals surface area contributed by atoms with E-state index >= 15 is 0 Å². The minimum atomic E-state index is -0.0223. The van der Waals surface area contributed by atoms with E-state index in [0.717, 1.165) is 23.5 Å². The summed E-state index contributed by atoms with van der Waals surface area (Å²) in [6, 6.07) is 0.323. The maximum absolute atomic E-state index is 12.3. The molecule has 0 unspecified atom stereocenters. The molecule has 1 N–H and O–H groups in total. The first kappa shape index (κ1) is 13.6. The predicted octanol–water partition coefficient (Wildman–Crippen LogP) is 3.55. The van der Waals surface area contributed by atoms with Crippen LogP contribution in [-0.4, -0.2) is 21.3 Å². The summed E-state index contributed by atoms with van der Waals surface area (Å²) >= 11 is 1.58. The number of thiazole rings is 1. The molecule has 4 nitrogen and oxygen atoms in total. The average Bonchev–Trinajstić information content (AvgIpc) is 2.95. The second kappa shape index (κ2) is 5.95. The number of aryl methyl sites for hydroxylation is 1. The van der Waals surface area contributed by atoms with Crippen molar-refractivity contribution in [2.45, 2.75) is 57.9 Å². The molecule has 0 aliphatic heterocycles. The van der Waals surface area contributed by atoms with E-state index in [0.29, 0.717) is 11.7 Å². The van der Waals surface area contributed by atoms with Gasteiger partial charge in [-0.25, -0.2) is 4.98 Å². The summed E-state index contributed by atoms with van der Waals surface area (Å²) in [5.41, 5.74) is 1.67. The molecule has 1 saturated carbocycles. The summed E-state index contributed by atoms with van der Waals surface area (Å²) in [5, 5.41) is 5.22. The third-order valence-corrected chi connectivity index (χ3v) is 5.02. The van der Waals surface area contributed by atoms with E-state index < -0.39 is 0 Å². The largest absolute Gasteiger partial charge is 0.348 e. The number of rotatable bonds is 2. The second-order valence-electron chi connectivity index (χ2n) is 5.67. The summed E-state index contributed by atoms with van der Waals surface area (Å²) in [6.45, 7) is 2.03. The Bertz CT molecular complexity index is 593. The van der Waals surface area contributed by atoms with E-state index in [1.54, 1.807) is 11.3 Å². The Morgan fingerprint density at radius 2 is 2.00 bits per heavy atom. The first-order valence-electron chi connectivity index (χ1n) is 7.48. The van der Waals surface area contributed by atoms with Gasteiger partial charge in [0.15, 0.2) is 4.96 Å². The Balaban J connectivity index is 1.68. The van der Waals surface area contributed by atoms with Gasteiger partial charge in [0.2, 0.25) is 0 Å². The zero-order valence-electron chi connectivity index (χ0n) is 11.9. The van der Waals surface area contributed by atoms with Gasteiger partial charge in [-0.3, -0.25) is 9.20 Å². The molecule has 0 aromatic carbocycles. The highest BCUT2D eigenvalue weighted by Gasteiger charge is 2.18. The lowest BCUT2D eigenvalue weighted by Crippen LogP contribution is -2.35. The predicted molar refractivity (Wildman–Crippen MR) is 81.4 cm³/mol. The van der Waals surface area contributed by atoms with Crippen molar-refractivity contribution >= 4 is 22.2 Å². The van der Waals surface area contributed by atoms with Crippen LogP contribution in [0.2, 0.25) is 0 Å². The van der Waals surface area contributed by atoms with Crippen LogP contribution >= 0.6 is 11.3 Å². The lowest BCUT2D eigenvalue weighted by atomic mass is 9.97. The normalized spacial score (nSPS) is 17.9. The van der Waals surface area contributed by atoms with Crippen LogP contribution in [0, 0.1) is 6.92 Å². The number of fused-ring (bicyclic) bond motifs is 1. The van der Waals surface area contributed by atoms with E-state index in [1.165, 1.54) is 32.1 Å². The standard InChI is InChI=1S/C15H21N3OS/c1-11-10-20-15-17-13(9-18(11)15)14(19)16-12-7-5-3-2-4-6-8-12/h9-10,12H,2-8H2,1H3,(H,16,19). The molecular weight excluding hydrogens is 270 g/mol. The number of hydrogen-bond acceptors (Lipinski definition) is 3. The highest BCUT2D eigenvalue weighted by Crippen LogP contribution is 2.19. The second-order valence-corrected chi connectivity index (χ2v) is 6.51. The molecule has 1 aliphatic rings. The highest BCUT2D eigenvalue weighted by molar-refractivity contribution is 7.15. The number of nitrogens with zero attached hydrogens (tertiary/aromatic N) is 2. The van der Waals surface area contributed by atoms with Crippen molar-refractivity contribution in [2.24, 2.45) is 0 Å². The number of hydrogen-bond donors (Lipinski definition) is 1. The molecule has 20 heavy (non-hydrogen) atoms. The fraction of sp³-hybridized carbons (Fsp3) is 0.600. The van der Waals surface area contributed by atoms with Gasteiger partial charge in [0.05, 0.1) is 0 Å². The van der Waals surface area contributed by atoms with Crippen LogP contribution < -0.4 is 5.32 Å². The van der Waals surface area contributed by atoms with Crippen LogP contribution in [0.4, 0.5) is 0 Å². The van der Waals surface area contributed by atoms with Gasteiger partial charge in [0.1, 0.15) is 5.69 Å². The molecule has 2 aromatic rings. The van der Waals surface area contributed by atoms with E-state index in [9.17, 15) is 4.79 Å². The molecule has 0 saturated heterocycles. The SMILES string of the molecule is Cc1csc2nc(C(=O)NC3CCCCCCC3)cn12. The molecule has 3 rings (SSSR count). The maximum Gasteiger partial charge on any atom is 0.271 e. The Morgan fingerprint density at radius 1 is 1.30 bits per heavy atom. The number of nitrogens with one attached hydrogen (secondary N) is 1. The lowest BCUT2D eigenvalue weighted by molar-refractivity contribution is 0.0926. The number of carbonyl (C=O) groups is 1. The van der Waals surface area contributed by atoms with E-state index in [2.05, 4.69) is 15.7 Å². The smallest absolute Gasteiger partial charge is 0.271 e. The van der Waals surface area contributed by atoms with Crippen molar-refractivity contribution < 1.29 is 4.79 Å².